The summed E-state index contributed by atoms with van der Waals surface area (Å²) in [5.74, 6) is 0.665. The van der Waals surface area contributed by atoms with Gasteiger partial charge in [-0.05, 0) is 53.9 Å². The molecule has 0 bridgehead atoms. The topological polar surface area (TPSA) is 99.0 Å². The molecule has 0 spiro atoms. The Kier molecular flexibility index (Phi) is 8.24. The number of anilines is 1. The Morgan fingerprint density at radius 3 is 2.42 bits per heavy atom. The van der Waals surface area contributed by atoms with Gasteiger partial charge in [-0.1, -0.05) is 24.3 Å². The molecule has 1 heterocycles. The molecular formula is C25H29N5O3. The maximum Gasteiger partial charge on any atom is 0.291 e. The molecule has 0 aliphatic heterocycles. The highest BCUT2D eigenvalue weighted by molar-refractivity contribution is 6.02. The lowest BCUT2D eigenvalue weighted by molar-refractivity contribution is 0.0827. The zero-order chi connectivity index (χ0) is 23.6. The van der Waals surface area contributed by atoms with Crippen molar-refractivity contribution in [1.29, 1.82) is 0 Å². The van der Waals surface area contributed by atoms with E-state index in [1.807, 2.05) is 48.5 Å². The molecule has 33 heavy (non-hydrogen) atoms. The molecule has 0 saturated carbocycles. The number of nitrogens with one attached hydrogen (secondary N) is 3. The summed E-state index contributed by atoms with van der Waals surface area (Å²) in [4.78, 5) is 30.0. The van der Waals surface area contributed by atoms with Crippen molar-refractivity contribution in [1.82, 2.24) is 15.5 Å². The average Bonchev–Trinajstić information content (AvgIpc) is 3.37. The fourth-order valence-electron chi connectivity index (χ4n) is 3.16. The van der Waals surface area contributed by atoms with Crippen LogP contribution < -0.4 is 16.0 Å². The normalized spacial score (nSPS) is 11.1. The molecular weight excluding hydrogens is 418 g/mol. The summed E-state index contributed by atoms with van der Waals surface area (Å²) in [6.45, 7) is 1.26. The molecule has 8 nitrogen and oxygen atoms in total. The molecule has 0 aliphatic rings. The molecule has 2 amide bonds. The Morgan fingerprint density at radius 2 is 1.76 bits per heavy atom. The molecule has 0 unspecified atom stereocenters. The summed E-state index contributed by atoms with van der Waals surface area (Å²) in [6.07, 6.45) is 2.23. The van der Waals surface area contributed by atoms with Crippen molar-refractivity contribution < 1.29 is 14.0 Å². The van der Waals surface area contributed by atoms with Crippen LogP contribution in [0.2, 0.25) is 0 Å². The zero-order valence-corrected chi connectivity index (χ0v) is 19.1. The minimum atomic E-state index is -0.285. The molecule has 0 aliphatic carbocycles. The van der Waals surface area contributed by atoms with Gasteiger partial charge in [0.15, 0.2) is 11.7 Å². The van der Waals surface area contributed by atoms with Crippen LogP contribution in [0.3, 0.4) is 0 Å². The molecule has 3 rings (SSSR count). The van der Waals surface area contributed by atoms with Crippen molar-refractivity contribution in [3.05, 3.63) is 89.4 Å². The maximum absolute atomic E-state index is 12.1. The number of furan rings is 1. The van der Waals surface area contributed by atoms with Gasteiger partial charge in [-0.15, -0.1) is 0 Å². The second kappa shape index (κ2) is 11.5. The Labute approximate surface area is 193 Å². The van der Waals surface area contributed by atoms with Crippen LogP contribution >= 0.6 is 0 Å². The van der Waals surface area contributed by atoms with E-state index < -0.39 is 0 Å². The van der Waals surface area contributed by atoms with Gasteiger partial charge in [-0.3, -0.25) is 14.6 Å². The van der Waals surface area contributed by atoms with Gasteiger partial charge in [-0.25, -0.2) is 0 Å². The molecule has 3 aromatic rings. The maximum atomic E-state index is 12.1. The summed E-state index contributed by atoms with van der Waals surface area (Å²) in [6, 6.07) is 18.5. The van der Waals surface area contributed by atoms with E-state index in [0.717, 1.165) is 17.5 Å². The monoisotopic (exact) mass is 447 g/mol. The van der Waals surface area contributed by atoms with Crippen molar-refractivity contribution in [2.75, 3.05) is 33.0 Å². The number of aliphatic imine (C=N–C) groups is 1. The number of hydrogen-bond acceptors (Lipinski definition) is 4. The van der Waals surface area contributed by atoms with E-state index >= 15 is 0 Å². The first-order chi connectivity index (χ1) is 16.0. The van der Waals surface area contributed by atoms with E-state index in [1.54, 1.807) is 38.2 Å². The molecule has 2 aromatic carbocycles. The van der Waals surface area contributed by atoms with Crippen LogP contribution in [-0.4, -0.2) is 50.4 Å². The van der Waals surface area contributed by atoms with Crippen LogP contribution in [0.5, 0.6) is 0 Å². The molecule has 0 fully saturated rings. The van der Waals surface area contributed by atoms with Gasteiger partial charge in [0.1, 0.15) is 0 Å². The van der Waals surface area contributed by atoms with E-state index in [-0.39, 0.29) is 17.6 Å². The number of rotatable bonds is 8. The van der Waals surface area contributed by atoms with Crippen LogP contribution in [0, 0.1) is 0 Å². The highest BCUT2D eigenvalue weighted by Gasteiger charge is 2.09. The fraction of sp³-hybridized carbons (Fsp3) is 0.240. The van der Waals surface area contributed by atoms with Gasteiger partial charge >= 0.3 is 0 Å². The standard InChI is InChI=1S/C25H29N5O3/c1-26-25(27-14-13-18-6-4-7-20(16-18)24(32)30(2)3)28-17-19-9-11-21(12-10-19)29-23(31)22-8-5-15-33-22/h4-12,15-16H,13-14,17H2,1-3H3,(H,29,31)(H2,26,27,28). The first-order valence-electron chi connectivity index (χ1n) is 10.6. The van der Waals surface area contributed by atoms with E-state index in [4.69, 9.17) is 4.42 Å². The summed E-state index contributed by atoms with van der Waals surface area (Å²) in [7, 11) is 5.21. The highest BCUT2D eigenvalue weighted by atomic mass is 16.3. The van der Waals surface area contributed by atoms with Gasteiger partial charge in [0.2, 0.25) is 0 Å². The Bertz CT molecular complexity index is 1090. The van der Waals surface area contributed by atoms with Crippen LogP contribution in [-0.2, 0) is 13.0 Å². The third-order valence-electron chi connectivity index (χ3n) is 4.93. The minimum Gasteiger partial charge on any atom is -0.459 e. The molecule has 172 valence electrons. The van der Waals surface area contributed by atoms with Crippen LogP contribution in [0.4, 0.5) is 5.69 Å². The van der Waals surface area contributed by atoms with E-state index in [0.29, 0.717) is 30.3 Å². The zero-order valence-electron chi connectivity index (χ0n) is 19.1. The molecule has 1 aromatic heterocycles. The predicted octanol–water partition coefficient (Wildman–Crippen LogP) is 3.14. The number of guanidine groups is 1. The fourth-order valence-corrected chi connectivity index (χ4v) is 3.16. The SMILES string of the molecule is CN=C(NCCc1cccc(C(=O)N(C)C)c1)NCc1ccc(NC(=O)c2ccco2)cc1. The molecule has 3 N–H and O–H groups in total. The van der Waals surface area contributed by atoms with Gasteiger partial charge < -0.3 is 25.3 Å². The number of nitrogens with zero attached hydrogens (tertiary/aromatic N) is 2. The Balaban J connectivity index is 1.44. The summed E-state index contributed by atoms with van der Waals surface area (Å²) in [5.41, 5.74) is 3.50. The van der Waals surface area contributed by atoms with Crippen LogP contribution in [0.15, 0.2) is 76.3 Å². The smallest absolute Gasteiger partial charge is 0.291 e. The lowest BCUT2D eigenvalue weighted by atomic mass is 10.1. The molecule has 0 atom stereocenters. The van der Waals surface area contributed by atoms with Crippen molar-refractivity contribution in [3.63, 3.8) is 0 Å². The van der Waals surface area contributed by atoms with Gasteiger partial charge in [-0.2, -0.15) is 0 Å². The number of carbonyl (C=O) groups excluding carboxylic acids is 2. The Morgan fingerprint density at radius 1 is 0.970 bits per heavy atom. The van der Waals surface area contributed by atoms with E-state index in [1.165, 1.54) is 6.26 Å². The second-order valence-electron chi connectivity index (χ2n) is 7.63. The third-order valence-corrected chi connectivity index (χ3v) is 4.93. The molecule has 0 radical (unpaired) electrons. The van der Waals surface area contributed by atoms with E-state index in [9.17, 15) is 9.59 Å². The molecule has 0 saturated heterocycles. The van der Waals surface area contributed by atoms with Gasteiger partial charge in [0.05, 0.1) is 6.26 Å². The number of amides is 2. The minimum absolute atomic E-state index is 0.00571. The van der Waals surface area contributed by atoms with Crippen LogP contribution in [0.1, 0.15) is 32.0 Å². The quantitative estimate of drug-likeness (QED) is 0.364. The lowest BCUT2D eigenvalue weighted by Gasteiger charge is -2.13. The lowest BCUT2D eigenvalue weighted by Crippen LogP contribution is -2.37. The van der Waals surface area contributed by atoms with Crippen molar-refractivity contribution >= 4 is 23.5 Å². The average molecular weight is 448 g/mol. The second-order valence-corrected chi connectivity index (χ2v) is 7.63. The van der Waals surface area contributed by atoms with Crippen LogP contribution in [0.25, 0.3) is 0 Å². The van der Waals surface area contributed by atoms with Crippen molar-refractivity contribution in [3.8, 4) is 0 Å². The first-order valence-corrected chi connectivity index (χ1v) is 10.6. The summed E-state index contributed by atoms with van der Waals surface area (Å²) < 4.78 is 5.10. The molecule has 8 heteroatoms. The van der Waals surface area contributed by atoms with Gasteiger partial charge in [0.25, 0.3) is 11.8 Å². The number of hydrogen-bond donors (Lipinski definition) is 3. The predicted molar refractivity (Wildman–Crippen MR) is 129 cm³/mol. The number of carbonyl (C=O) groups is 2. The number of benzene rings is 2. The third kappa shape index (κ3) is 6.96. The van der Waals surface area contributed by atoms with E-state index in [2.05, 4.69) is 20.9 Å². The largest absolute Gasteiger partial charge is 0.459 e. The van der Waals surface area contributed by atoms with Crippen molar-refractivity contribution in [2.24, 2.45) is 4.99 Å². The summed E-state index contributed by atoms with van der Waals surface area (Å²) >= 11 is 0. The van der Waals surface area contributed by atoms with Gasteiger partial charge in [0, 0.05) is 45.5 Å². The van der Waals surface area contributed by atoms with Crippen molar-refractivity contribution in [2.45, 2.75) is 13.0 Å². The summed E-state index contributed by atoms with van der Waals surface area (Å²) in [5, 5.41) is 9.36. The first kappa shape index (κ1) is 23.6. The Hall–Kier alpha value is -4.07. The highest BCUT2D eigenvalue weighted by Crippen LogP contribution is 2.12.